The van der Waals surface area contributed by atoms with Crippen LogP contribution in [0.3, 0.4) is 0 Å². The van der Waals surface area contributed by atoms with Gasteiger partial charge in [-0.25, -0.2) is 0 Å². The number of ketones is 1. The minimum absolute atomic E-state index is 0.0118. The molecule has 1 N–H and O–H groups in total. The lowest BCUT2D eigenvalue weighted by molar-refractivity contribution is -0.185. The van der Waals surface area contributed by atoms with Crippen LogP contribution in [-0.2, 0) is 9.59 Å². The highest BCUT2D eigenvalue weighted by molar-refractivity contribution is 5.95. The Morgan fingerprint density at radius 3 is 2.24 bits per heavy atom. The van der Waals surface area contributed by atoms with Gasteiger partial charge in [0.05, 0.1) is 5.41 Å². The monoisotopic (exact) mass is 454 g/mol. The van der Waals surface area contributed by atoms with Crippen molar-refractivity contribution in [3.05, 3.63) is 11.6 Å². The summed E-state index contributed by atoms with van der Waals surface area (Å²) >= 11 is 0. The second-order valence-corrected chi connectivity index (χ2v) is 14.9. The molecule has 0 bridgehead atoms. The molecule has 0 aliphatic heterocycles. The standard InChI is InChI=1S/C30H46O3/c1-25(2)10-8-11-28(5)22(25)9-12-30(7)23(28)21(31)17-19-20-18-27(4,24(32)33)14-13-26(20,3)15-16-29(19,30)6/h17,20,22-23H,8-16,18H2,1-7H3,(H,32,33)/t20?,22?,23?,26?,27-,28?,29+,30?/m0/s1. The van der Waals surface area contributed by atoms with Gasteiger partial charge < -0.3 is 5.11 Å². The molecule has 33 heavy (non-hydrogen) atoms. The number of carboxylic acids is 1. The molecule has 0 aromatic heterocycles. The number of carbonyl (C=O) groups excluding carboxylic acids is 1. The molecule has 0 radical (unpaired) electrons. The van der Waals surface area contributed by atoms with Gasteiger partial charge in [0.15, 0.2) is 5.78 Å². The molecule has 0 aromatic rings. The van der Waals surface area contributed by atoms with Crippen molar-refractivity contribution >= 4 is 11.8 Å². The highest BCUT2D eigenvalue weighted by Crippen LogP contribution is 2.75. The number of allylic oxidation sites excluding steroid dienone is 2. The van der Waals surface area contributed by atoms with Crippen molar-refractivity contribution in [2.45, 2.75) is 113 Å². The molecular weight excluding hydrogens is 408 g/mol. The van der Waals surface area contributed by atoms with Gasteiger partial charge >= 0.3 is 5.97 Å². The van der Waals surface area contributed by atoms with Gasteiger partial charge in [0.25, 0.3) is 0 Å². The van der Waals surface area contributed by atoms with E-state index < -0.39 is 11.4 Å². The molecule has 6 unspecified atom stereocenters. The molecule has 5 aliphatic carbocycles. The molecule has 0 spiro atoms. The van der Waals surface area contributed by atoms with E-state index in [2.05, 4.69) is 47.6 Å². The maximum atomic E-state index is 14.2. The van der Waals surface area contributed by atoms with E-state index in [0.717, 1.165) is 32.1 Å². The predicted molar refractivity (Wildman–Crippen MR) is 132 cm³/mol. The Kier molecular flexibility index (Phi) is 4.83. The van der Waals surface area contributed by atoms with Crippen LogP contribution in [0.5, 0.6) is 0 Å². The lowest BCUT2D eigenvalue weighted by Crippen LogP contribution is -2.65. The fourth-order valence-electron chi connectivity index (χ4n) is 10.5. The third kappa shape index (κ3) is 2.86. The van der Waals surface area contributed by atoms with Crippen LogP contribution in [0.4, 0.5) is 0 Å². The molecular formula is C30H46O3. The van der Waals surface area contributed by atoms with E-state index in [4.69, 9.17) is 0 Å². The van der Waals surface area contributed by atoms with Crippen LogP contribution in [0.25, 0.3) is 0 Å². The summed E-state index contributed by atoms with van der Waals surface area (Å²) in [5, 5.41) is 10.0. The molecule has 5 aliphatic rings. The van der Waals surface area contributed by atoms with Crippen LogP contribution < -0.4 is 0 Å². The van der Waals surface area contributed by atoms with E-state index in [1.807, 2.05) is 6.92 Å². The normalized spacial score (nSPS) is 53.1. The lowest BCUT2D eigenvalue weighted by Gasteiger charge is -2.70. The SMILES string of the molecule is CC1(C)CCCC2(C)C1CCC1(C)C2C(=O)C=C2C3C[C@@](C)(C(=O)O)CCC3(C)CC[C@]21C. The summed E-state index contributed by atoms with van der Waals surface area (Å²) in [4.78, 5) is 26.4. The zero-order valence-corrected chi connectivity index (χ0v) is 22.1. The fraction of sp³-hybridized carbons (Fsp3) is 0.867. The summed E-state index contributed by atoms with van der Waals surface area (Å²) in [6.45, 7) is 16.6. The number of hydrogen-bond acceptors (Lipinski definition) is 2. The topological polar surface area (TPSA) is 54.4 Å². The van der Waals surface area contributed by atoms with Crippen molar-refractivity contribution < 1.29 is 14.7 Å². The van der Waals surface area contributed by atoms with Crippen molar-refractivity contribution in [3.8, 4) is 0 Å². The van der Waals surface area contributed by atoms with Gasteiger partial charge in [0.2, 0.25) is 0 Å². The fourth-order valence-corrected chi connectivity index (χ4v) is 10.5. The summed E-state index contributed by atoms with van der Waals surface area (Å²) < 4.78 is 0. The first kappa shape index (κ1) is 23.6. The van der Waals surface area contributed by atoms with Crippen molar-refractivity contribution in [1.82, 2.24) is 0 Å². The van der Waals surface area contributed by atoms with Gasteiger partial charge in [-0.2, -0.15) is 0 Å². The predicted octanol–water partition coefficient (Wildman–Crippen LogP) is 7.44. The largest absolute Gasteiger partial charge is 0.481 e. The Morgan fingerprint density at radius 2 is 1.58 bits per heavy atom. The zero-order chi connectivity index (χ0) is 24.2. The van der Waals surface area contributed by atoms with E-state index in [1.165, 1.54) is 31.3 Å². The van der Waals surface area contributed by atoms with E-state index in [-0.39, 0.29) is 33.5 Å². The number of hydrogen-bond donors (Lipinski definition) is 1. The Hall–Kier alpha value is -1.12. The molecule has 3 heteroatoms. The van der Waals surface area contributed by atoms with Gasteiger partial charge in [-0.3, -0.25) is 9.59 Å². The van der Waals surface area contributed by atoms with E-state index in [0.29, 0.717) is 23.5 Å². The zero-order valence-electron chi connectivity index (χ0n) is 22.1. The van der Waals surface area contributed by atoms with Crippen LogP contribution in [-0.4, -0.2) is 16.9 Å². The minimum Gasteiger partial charge on any atom is -0.481 e. The van der Waals surface area contributed by atoms with Crippen LogP contribution >= 0.6 is 0 Å². The Bertz CT molecular complexity index is 931. The van der Waals surface area contributed by atoms with E-state index in [1.54, 1.807) is 0 Å². The third-order valence-corrected chi connectivity index (χ3v) is 12.8. The second-order valence-electron chi connectivity index (χ2n) is 14.9. The molecule has 0 heterocycles. The maximum absolute atomic E-state index is 14.2. The molecule has 3 nitrogen and oxygen atoms in total. The first-order valence-electron chi connectivity index (χ1n) is 13.6. The van der Waals surface area contributed by atoms with E-state index in [9.17, 15) is 14.7 Å². The summed E-state index contributed by atoms with van der Waals surface area (Å²) in [7, 11) is 0. The Balaban J connectivity index is 1.63. The number of carboxylic acid groups (broad SMARTS) is 1. The summed E-state index contributed by atoms with van der Waals surface area (Å²) in [5.74, 6) is 0.609. The summed E-state index contributed by atoms with van der Waals surface area (Å²) in [6, 6.07) is 0. The van der Waals surface area contributed by atoms with Crippen LogP contribution in [0.15, 0.2) is 11.6 Å². The van der Waals surface area contributed by atoms with Crippen molar-refractivity contribution in [3.63, 3.8) is 0 Å². The third-order valence-electron chi connectivity index (χ3n) is 12.8. The van der Waals surface area contributed by atoms with Crippen LogP contribution in [0.2, 0.25) is 0 Å². The number of aliphatic carboxylic acids is 1. The summed E-state index contributed by atoms with van der Waals surface area (Å²) in [5.41, 5.74) is 1.09. The Morgan fingerprint density at radius 1 is 0.909 bits per heavy atom. The van der Waals surface area contributed by atoms with Crippen LogP contribution in [0, 0.1) is 50.2 Å². The molecule has 8 atom stereocenters. The van der Waals surface area contributed by atoms with Gasteiger partial charge in [0, 0.05) is 5.92 Å². The molecule has 0 aromatic carbocycles. The molecule has 0 saturated heterocycles. The van der Waals surface area contributed by atoms with E-state index >= 15 is 0 Å². The number of carbonyl (C=O) groups is 2. The van der Waals surface area contributed by atoms with Crippen molar-refractivity contribution in [2.75, 3.05) is 0 Å². The van der Waals surface area contributed by atoms with Gasteiger partial charge in [0.1, 0.15) is 0 Å². The maximum Gasteiger partial charge on any atom is 0.309 e. The molecule has 4 saturated carbocycles. The van der Waals surface area contributed by atoms with Gasteiger partial charge in [-0.15, -0.1) is 0 Å². The average Bonchev–Trinajstić information content (AvgIpc) is 2.70. The lowest BCUT2D eigenvalue weighted by atomic mass is 9.33. The summed E-state index contributed by atoms with van der Waals surface area (Å²) in [6.07, 6.45) is 12.8. The highest BCUT2D eigenvalue weighted by atomic mass is 16.4. The van der Waals surface area contributed by atoms with Gasteiger partial charge in [-0.05, 0) is 110 Å². The minimum atomic E-state index is -0.679. The number of fused-ring (bicyclic) bond motifs is 7. The molecule has 0 amide bonds. The van der Waals surface area contributed by atoms with Crippen molar-refractivity contribution in [2.24, 2.45) is 50.2 Å². The Labute approximate surface area is 201 Å². The van der Waals surface area contributed by atoms with Crippen molar-refractivity contribution in [1.29, 1.82) is 0 Å². The van der Waals surface area contributed by atoms with Gasteiger partial charge in [-0.1, -0.05) is 53.5 Å². The second kappa shape index (κ2) is 6.76. The van der Waals surface area contributed by atoms with Crippen LogP contribution in [0.1, 0.15) is 113 Å². The molecule has 4 fully saturated rings. The smallest absolute Gasteiger partial charge is 0.309 e. The molecule has 184 valence electrons. The highest BCUT2D eigenvalue weighted by Gasteiger charge is 2.69. The first-order valence-corrected chi connectivity index (χ1v) is 13.6. The quantitative estimate of drug-likeness (QED) is 0.448. The first-order chi connectivity index (χ1) is 15.1. The average molecular weight is 455 g/mol. The number of rotatable bonds is 1. The molecule has 5 rings (SSSR count).